The van der Waals surface area contributed by atoms with Crippen molar-refractivity contribution in [2.24, 2.45) is 0 Å². The van der Waals surface area contributed by atoms with Crippen LogP contribution >= 0.6 is 11.3 Å². The van der Waals surface area contributed by atoms with Crippen molar-refractivity contribution in [1.82, 2.24) is 4.90 Å². The molecule has 0 saturated carbocycles. The monoisotopic (exact) mass is 399 g/mol. The van der Waals surface area contributed by atoms with Crippen LogP contribution in [0.25, 0.3) is 0 Å². The number of rotatable bonds is 6. The Morgan fingerprint density at radius 3 is 2.75 bits per heavy atom. The van der Waals surface area contributed by atoms with Gasteiger partial charge in [-0.25, -0.2) is 0 Å². The molecule has 0 aliphatic carbocycles. The first-order chi connectivity index (χ1) is 13.5. The average molecular weight is 400 g/mol. The van der Waals surface area contributed by atoms with E-state index in [1.54, 1.807) is 29.2 Å². The molecule has 7 heteroatoms. The van der Waals surface area contributed by atoms with Crippen LogP contribution < -0.4 is 10.6 Å². The van der Waals surface area contributed by atoms with Crippen LogP contribution in [0, 0.1) is 6.92 Å². The Bertz CT molecular complexity index is 864. The molecule has 3 rings (SSSR count). The van der Waals surface area contributed by atoms with Gasteiger partial charge in [0.1, 0.15) is 6.04 Å². The number of thiophene rings is 1. The van der Waals surface area contributed by atoms with Gasteiger partial charge in [0.05, 0.1) is 6.42 Å². The number of amides is 3. The number of benzene rings is 1. The molecule has 1 saturated heterocycles. The number of hydrogen-bond donors (Lipinski definition) is 2. The van der Waals surface area contributed by atoms with Crippen molar-refractivity contribution in [1.29, 1.82) is 0 Å². The molecular formula is C21H25N3O3S. The molecule has 2 N–H and O–H groups in total. The molecule has 1 aliphatic rings. The second kappa shape index (κ2) is 9.01. The number of carbonyl (C=O) groups excluding carboxylic acids is 3. The zero-order valence-corrected chi connectivity index (χ0v) is 17.0. The first kappa shape index (κ1) is 20.1. The van der Waals surface area contributed by atoms with E-state index in [1.165, 1.54) is 0 Å². The highest BCUT2D eigenvalue weighted by atomic mass is 32.1. The number of hydrogen-bond acceptors (Lipinski definition) is 4. The highest BCUT2D eigenvalue weighted by Gasteiger charge is 2.34. The first-order valence-corrected chi connectivity index (χ1v) is 10.4. The van der Waals surface area contributed by atoms with Gasteiger partial charge in [0.25, 0.3) is 0 Å². The molecule has 1 aliphatic heterocycles. The summed E-state index contributed by atoms with van der Waals surface area (Å²) in [6, 6.07) is 8.83. The molecule has 0 bridgehead atoms. The summed E-state index contributed by atoms with van der Waals surface area (Å²) in [5.41, 5.74) is 2.19. The molecule has 0 radical (unpaired) electrons. The van der Waals surface area contributed by atoms with E-state index in [1.807, 2.05) is 36.6 Å². The van der Waals surface area contributed by atoms with E-state index in [9.17, 15) is 14.4 Å². The Balaban J connectivity index is 1.68. The zero-order valence-electron chi connectivity index (χ0n) is 16.2. The van der Waals surface area contributed by atoms with Crippen molar-refractivity contribution in [3.63, 3.8) is 0 Å². The van der Waals surface area contributed by atoms with E-state index in [4.69, 9.17) is 0 Å². The molecule has 148 valence electrons. The molecule has 1 aromatic carbocycles. The lowest BCUT2D eigenvalue weighted by Crippen LogP contribution is -2.43. The number of nitrogens with zero attached hydrogens (tertiary/aromatic N) is 1. The van der Waals surface area contributed by atoms with Crippen LogP contribution in [0.2, 0.25) is 0 Å². The van der Waals surface area contributed by atoms with Crippen molar-refractivity contribution < 1.29 is 14.4 Å². The van der Waals surface area contributed by atoms with Crippen LogP contribution in [-0.4, -0.2) is 35.2 Å². The third kappa shape index (κ3) is 4.78. The largest absolute Gasteiger partial charge is 0.330 e. The molecule has 1 atom stereocenters. The fourth-order valence-electron chi connectivity index (χ4n) is 3.30. The lowest BCUT2D eigenvalue weighted by Gasteiger charge is -2.24. The molecule has 2 aromatic rings. The summed E-state index contributed by atoms with van der Waals surface area (Å²) in [7, 11) is 0. The van der Waals surface area contributed by atoms with Gasteiger partial charge in [0.15, 0.2) is 0 Å². The summed E-state index contributed by atoms with van der Waals surface area (Å²) in [6.07, 6.45) is 2.20. The lowest BCUT2D eigenvalue weighted by molar-refractivity contribution is -0.136. The van der Waals surface area contributed by atoms with Crippen LogP contribution in [-0.2, 0) is 20.8 Å². The fourth-order valence-corrected chi connectivity index (χ4v) is 4.00. The molecule has 6 nitrogen and oxygen atoms in total. The molecule has 3 amide bonds. The minimum Gasteiger partial charge on any atom is -0.330 e. The Morgan fingerprint density at radius 2 is 2.04 bits per heavy atom. The average Bonchev–Trinajstić information content (AvgIpc) is 3.36. The van der Waals surface area contributed by atoms with Crippen molar-refractivity contribution in [2.75, 3.05) is 17.2 Å². The van der Waals surface area contributed by atoms with E-state index in [0.29, 0.717) is 37.2 Å². The van der Waals surface area contributed by atoms with E-state index in [-0.39, 0.29) is 17.7 Å². The number of aryl methyl sites for hydroxylation is 1. The summed E-state index contributed by atoms with van der Waals surface area (Å²) in [5.74, 6) is -0.276. The zero-order chi connectivity index (χ0) is 20.1. The van der Waals surface area contributed by atoms with Gasteiger partial charge >= 0.3 is 0 Å². The maximum absolute atomic E-state index is 12.9. The van der Waals surface area contributed by atoms with Crippen LogP contribution in [0.4, 0.5) is 11.4 Å². The van der Waals surface area contributed by atoms with Crippen molar-refractivity contribution in [2.45, 2.75) is 45.6 Å². The second-order valence-electron chi connectivity index (χ2n) is 6.92. The van der Waals surface area contributed by atoms with Gasteiger partial charge < -0.3 is 15.5 Å². The van der Waals surface area contributed by atoms with E-state index >= 15 is 0 Å². The molecule has 0 spiro atoms. The predicted octanol–water partition coefficient (Wildman–Crippen LogP) is 3.58. The van der Waals surface area contributed by atoms with Crippen molar-refractivity contribution in [3.05, 3.63) is 46.2 Å². The maximum atomic E-state index is 12.9. The number of nitrogens with one attached hydrogen (secondary N) is 2. The summed E-state index contributed by atoms with van der Waals surface area (Å²) < 4.78 is 0. The van der Waals surface area contributed by atoms with Crippen LogP contribution in [0.3, 0.4) is 0 Å². The highest BCUT2D eigenvalue weighted by Crippen LogP contribution is 2.24. The lowest BCUT2D eigenvalue weighted by atomic mass is 10.1. The van der Waals surface area contributed by atoms with Crippen LogP contribution in [0.15, 0.2) is 35.7 Å². The third-order valence-corrected chi connectivity index (χ3v) is 5.76. The summed E-state index contributed by atoms with van der Waals surface area (Å²) in [5, 5.41) is 7.69. The minimum atomic E-state index is -0.458. The maximum Gasteiger partial charge on any atom is 0.247 e. The van der Waals surface area contributed by atoms with Crippen LogP contribution in [0.1, 0.15) is 36.6 Å². The topological polar surface area (TPSA) is 78.5 Å². The highest BCUT2D eigenvalue weighted by molar-refractivity contribution is 7.10. The van der Waals surface area contributed by atoms with Gasteiger partial charge in [0.2, 0.25) is 17.7 Å². The van der Waals surface area contributed by atoms with Gasteiger partial charge in [0, 0.05) is 29.2 Å². The number of anilines is 2. The van der Waals surface area contributed by atoms with Crippen molar-refractivity contribution >= 4 is 40.4 Å². The molecular weight excluding hydrogens is 374 g/mol. The minimum absolute atomic E-state index is 0.0132. The Morgan fingerprint density at radius 1 is 1.21 bits per heavy atom. The van der Waals surface area contributed by atoms with E-state index in [2.05, 4.69) is 10.6 Å². The molecule has 28 heavy (non-hydrogen) atoms. The quantitative estimate of drug-likeness (QED) is 0.779. The smallest absolute Gasteiger partial charge is 0.247 e. The van der Waals surface area contributed by atoms with Crippen molar-refractivity contribution in [3.8, 4) is 0 Å². The van der Waals surface area contributed by atoms with Gasteiger partial charge in [-0.3, -0.25) is 14.4 Å². The van der Waals surface area contributed by atoms with E-state index in [0.717, 1.165) is 16.9 Å². The molecule has 1 aromatic heterocycles. The Hall–Kier alpha value is -2.67. The van der Waals surface area contributed by atoms with Gasteiger partial charge in [-0.2, -0.15) is 0 Å². The Kier molecular flexibility index (Phi) is 6.46. The fraction of sp³-hybridized carbons (Fsp3) is 0.381. The second-order valence-corrected chi connectivity index (χ2v) is 7.95. The molecule has 2 heterocycles. The van der Waals surface area contributed by atoms with E-state index < -0.39 is 6.04 Å². The summed E-state index contributed by atoms with van der Waals surface area (Å²) >= 11 is 1.55. The standard InChI is InChI=1S/C21H25N3O3S/c1-3-19(25)22-15-9-8-14(2)17(12-15)23-21(27)18-7-4-10-24(18)20(26)13-16-6-5-11-28-16/h5-6,8-9,11-12,18H,3-4,7,10,13H2,1-2H3,(H,22,25)(H,23,27). The number of carbonyl (C=O) groups is 3. The summed E-state index contributed by atoms with van der Waals surface area (Å²) in [4.78, 5) is 39.9. The van der Waals surface area contributed by atoms with Gasteiger partial charge in [-0.15, -0.1) is 11.3 Å². The van der Waals surface area contributed by atoms with Crippen LogP contribution in [0.5, 0.6) is 0 Å². The number of likely N-dealkylation sites (tertiary alicyclic amines) is 1. The Labute approximate surface area is 168 Å². The van der Waals surface area contributed by atoms with Gasteiger partial charge in [-0.1, -0.05) is 19.1 Å². The first-order valence-electron chi connectivity index (χ1n) is 9.51. The SMILES string of the molecule is CCC(=O)Nc1ccc(C)c(NC(=O)C2CCCN2C(=O)Cc2cccs2)c1. The normalized spacial score (nSPS) is 16.1. The van der Waals surface area contributed by atoms with Gasteiger partial charge in [-0.05, 0) is 48.9 Å². The summed E-state index contributed by atoms with van der Waals surface area (Å²) in [6.45, 7) is 4.29. The molecule has 1 unspecified atom stereocenters. The third-order valence-electron chi connectivity index (χ3n) is 4.88. The predicted molar refractivity (Wildman–Crippen MR) is 111 cm³/mol. The molecule has 1 fully saturated rings.